The quantitative estimate of drug-likeness (QED) is 0.515. The van der Waals surface area contributed by atoms with Crippen molar-refractivity contribution in [2.24, 2.45) is 0 Å². The maximum atomic E-state index is 12.8. The number of benzene rings is 2. The highest BCUT2D eigenvalue weighted by atomic mass is 32.2. The van der Waals surface area contributed by atoms with E-state index >= 15 is 0 Å². The fraction of sp³-hybridized carbons (Fsp3) is 0.458. The maximum Gasteiger partial charge on any atom is 0.243 e. The van der Waals surface area contributed by atoms with Crippen LogP contribution in [0.15, 0.2) is 53.4 Å². The van der Waals surface area contributed by atoms with Crippen LogP contribution < -0.4 is 14.5 Å². The molecule has 0 aliphatic carbocycles. The Morgan fingerprint density at radius 1 is 0.917 bits per heavy atom. The van der Waals surface area contributed by atoms with Crippen LogP contribution >= 0.6 is 0 Å². The predicted octanol–water partition coefficient (Wildman–Crippen LogP) is 1.39. The maximum absolute atomic E-state index is 12.8. The SMILES string of the molecule is CS(=O)(=O)N(CC(=O)NCc1ccc(N2CCCC2)cc1)c1ccc(S(=O)(=O)N2CCOCC2)cc1. The van der Waals surface area contributed by atoms with Crippen molar-refractivity contribution >= 4 is 37.3 Å². The second kappa shape index (κ2) is 11.2. The second-order valence-corrected chi connectivity index (χ2v) is 12.8. The highest BCUT2D eigenvalue weighted by molar-refractivity contribution is 7.92. The van der Waals surface area contributed by atoms with Gasteiger partial charge in [0.15, 0.2) is 0 Å². The Hall–Kier alpha value is -2.67. The van der Waals surface area contributed by atoms with Gasteiger partial charge in [-0.2, -0.15) is 4.31 Å². The van der Waals surface area contributed by atoms with Crippen molar-refractivity contribution in [2.75, 3.05) is 61.4 Å². The van der Waals surface area contributed by atoms with Gasteiger partial charge in [-0.3, -0.25) is 9.10 Å². The van der Waals surface area contributed by atoms with Crippen molar-refractivity contribution in [1.82, 2.24) is 9.62 Å². The van der Waals surface area contributed by atoms with E-state index in [9.17, 15) is 21.6 Å². The number of morpholine rings is 1. The van der Waals surface area contributed by atoms with Crippen LogP contribution in [-0.4, -0.2) is 79.2 Å². The van der Waals surface area contributed by atoms with Gasteiger partial charge < -0.3 is 15.0 Å². The molecule has 2 fully saturated rings. The summed E-state index contributed by atoms with van der Waals surface area (Å²) in [6.07, 6.45) is 3.40. The Bertz CT molecular complexity index is 1250. The van der Waals surface area contributed by atoms with Gasteiger partial charge >= 0.3 is 0 Å². The van der Waals surface area contributed by atoms with E-state index in [1.165, 1.54) is 41.4 Å². The van der Waals surface area contributed by atoms with Crippen molar-refractivity contribution in [3.8, 4) is 0 Å². The van der Waals surface area contributed by atoms with Crippen LogP contribution in [-0.2, 0) is 36.1 Å². The summed E-state index contributed by atoms with van der Waals surface area (Å²) in [5, 5.41) is 2.77. The molecule has 2 saturated heterocycles. The minimum Gasteiger partial charge on any atom is -0.379 e. The van der Waals surface area contributed by atoms with Crippen LogP contribution in [0, 0.1) is 0 Å². The minimum atomic E-state index is -3.79. The Morgan fingerprint density at radius 2 is 1.53 bits per heavy atom. The summed E-state index contributed by atoms with van der Waals surface area (Å²) in [4.78, 5) is 15.0. The lowest BCUT2D eigenvalue weighted by molar-refractivity contribution is -0.119. The molecule has 1 N–H and O–H groups in total. The summed E-state index contributed by atoms with van der Waals surface area (Å²) < 4.78 is 58.0. The van der Waals surface area contributed by atoms with E-state index in [2.05, 4.69) is 10.2 Å². The van der Waals surface area contributed by atoms with Gasteiger partial charge in [0.05, 0.1) is 30.1 Å². The number of carbonyl (C=O) groups excluding carboxylic acids is 1. The predicted molar refractivity (Wildman–Crippen MR) is 138 cm³/mol. The number of sulfonamides is 2. The smallest absolute Gasteiger partial charge is 0.243 e. The second-order valence-electron chi connectivity index (χ2n) is 8.92. The molecule has 2 aromatic rings. The Kier molecular flexibility index (Phi) is 8.18. The largest absolute Gasteiger partial charge is 0.379 e. The van der Waals surface area contributed by atoms with Crippen molar-refractivity contribution in [3.05, 3.63) is 54.1 Å². The van der Waals surface area contributed by atoms with Crippen LogP contribution in [0.25, 0.3) is 0 Å². The molecule has 10 nitrogen and oxygen atoms in total. The lowest BCUT2D eigenvalue weighted by atomic mass is 10.2. The zero-order valence-corrected chi connectivity index (χ0v) is 21.9. The third-order valence-corrected chi connectivity index (χ3v) is 9.37. The summed E-state index contributed by atoms with van der Waals surface area (Å²) in [6.45, 7) is 3.15. The number of rotatable bonds is 9. The number of hydrogen-bond acceptors (Lipinski definition) is 7. The van der Waals surface area contributed by atoms with Crippen LogP contribution in [0.1, 0.15) is 18.4 Å². The van der Waals surface area contributed by atoms with E-state index in [4.69, 9.17) is 4.74 Å². The first-order valence-corrected chi connectivity index (χ1v) is 15.2. The topological polar surface area (TPSA) is 116 Å². The first-order chi connectivity index (χ1) is 17.1. The molecule has 0 aromatic heterocycles. The molecule has 1 amide bonds. The lowest BCUT2D eigenvalue weighted by Crippen LogP contribution is -2.41. The Morgan fingerprint density at radius 3 is 2.11 bits per heavy atom. The molecule has 196 valence electrons. The molecule has 2 heterocycles. The average molecular weight is 537 g/mol. The third-order valence-electron chi connectivity index (χ3n) is 6.32. The molecule has 0 saturated carbocycles. The van der Waals surface area contributed by atoms with E-state index in [-0.39, 0.29) is 30.2 Å². The lowest BCUT2D eigenvalue weighted by Gasteiger charge is -2.26. The molecule has 2 aliphatic rings. The molecule has 36 heavy (non-hydrogen) atoms. The molecular formula is C24H32N4O6S2. The standard InChI is InChI=1S/C24H32N4O6S2/c1-35(30,31)28(22-8-10-23(11-9-22)36(32,33)27-14-16-34-17-15-27)19-24(29)25-18-20-4-6-21(7-5-20)26-12-2-3-13-26/h4-11H,2-3,12-19H2,1H3,(H,25,29). The Labute approximate surface area is 212 Å². The van der Waals surface area contributed by atoms with E-state index in [1.807, 2.05) is 24.3 Å². The molecule has 2 aliphatic heterocycles. The van der Waals surface area contributed by atoms with Crippen LogP contribution in [0.2, 0.25) is 0 Å². The third kappa shape index (κ3) is 6.36. The number of amides is 1. The van der Waals surface area contributed by atoms with Crippen LogP contribution in [0.3, 0.4) is 0 Å². The summed E-state index contributed by atoms with van der Waals surface area (Å²) in [7, 11) is -7.50. The Balaban J connectivity index is 1.39. The van der Waals surface area contributed by atoms with E-state index in [0.717, 1.165) is 34.9 Å². The number of ether oxygens (including phenoxy) is 1. The average Bonchev–Trinajstić information content (AvgIpc) is 3.41. The first kappa shape index (κ1) is 26.4. The van der Waals surface area contributed by atoms with Gasteiger partial charge in [-0.05, 0) is 54.8 Å². The number of hydrogen-bond donors (Lipinski definition) is 1. The van der Waals surface area contributed by atoms with Gasteiger partial charge in [-0.25, -0.2) is 16.8 Å². The molecule has 0 unspecified atom stereocenters. The normalized spacial score (nSPS) is 17.2. The van der Waals surface area contributed by atoms with Gasteiger partial charge in [-0.15, -0.1) is 0 Å². The molecule has 0 spiro atoms. The van der Waals surface area contributed by atoms with E-state index in [0.29, 0.717) is 13.2 Å². The molecule has 0 radical (unpaired) electrons. The fourth-order valence-corrected chi connectivity index (χ4v) is 6.57. The first-order valence-electron chi connectivity index (χ1n) is 11.9. The summed E-state index contributed by atoms with van der Waals surface area (Å²) >= 11 is 0. The van der Waals surface area contributed by atoms with Crippen molar-refractivity contribution < 1.29 is 26.4 Å². The summed E-state index contributed by atoms with van der Waals surface area (Å²) in [5.74, 6) is -0.464. The van der Waals surface area contributed by atoms with Crippen molar-refractivity contribution in [1.29, 1.82) is 0 Å². The number of nitrogens with one attached hydrogen (secondary N) is 1. The van der Waals surface area contributed by atoms with Gasteiger partial charge in [0, 0.05) is 38.4 Å². The number of carbonyl (C=O) groups is 1. The minimum absolute atomic E-state index is 0.0587. The monoisotopic (exact) mass is 536 g/mol. The zero-order chi connectivity index (χ0) is 25.8. The van der Waals surface area contributed by atoms with Gasteiger partial charge in [0.2, 0.25) is 26.0 Å². The molecular weight excluding hydrogens is 504 g/mol. The van der Waals surface area contributed by atoms with E-state index in [1.54, 1.807) is 0 Å². The fourth-order valence-electron chi connectivity index (χ4n) is 4.31. The molecule has 0 atom stereocenters. The zero-order valence-electron chi connectivity index (χ0n) is 20.3. The number of anilines is 2. The van der Waals surface area contributed by atoms with Crippen molar-refractivity contribution in [3.63, 3.8) is 0 Å². The van der Waals surface area contributed by atoms with Gasteiger partial charge in [0.1, 0.15) is 6.54 Å². The molecule has 0 bridgehead atoms. The van der Waals surface area contributed by atoms with Gasteiger partial charge in [-0.1, -0.05) is 12.1 Å². The molecule has 4 rings (SSSR count). The summed E-state index contributed by atoms with van der Waals surface area (Å²) in [6, 6.07) is 13.5. The van der Waals surface area contributed by atoms with Crippen molar-refractivity contribution in [2.45, 2.75) is 24.3 Å². The highest BCUT2D eigenvalue weighted by Crippen LogP contribution is 2.23. The van der Waals surface area contributed by atoms with E-state index < -0.39 is 32.5 Å². The molecule has 2 aromatic carbocycles. The van der Waals surface area contributed by atoms with Crippen LogP contribution in [0.4, 0.5) is 11.4 Å². The number of nitrogens with zero attached hydrogens (tertiary/aromatic N) is 3. The summed E-state index contributed by atoms with van der Waals surface area (Å²) in [5.41, 5.74) is 2.28. The highest BCUT2D eigenvalue weighted by Gasteiger charge is 2.27. The molecule has 12 heteroatoms. The van der Waals surface area contributed by atoms with Crippen LogP contribution in [0.5, 0.6) is 0 Å². The van der Waals surface area contributed by atoms with Gasteiger partial charge in [0.25, 0.3) is 0 Å².